The van der Waals surface area contributed by atoms with E-state index in [0.29, 0.717) is 18.0 Å². The Kier molecular flexibility index (Phi) is 5.02. The lowest BCUT2D eigenvalue weighted by Crippen LogP contribution is -2.48. The monoisotopic (exact) mass is 371 g/mol. The molecule has 4 saturated heterocycles. The normalized spacial score (nSPS) is 25.5. The van der Waals surface area contributed by atoms with Crippen molar-refractivity contribution in [1.82, 2.24) is 19.8 Å². The van der Waals surface area contributed by atoms with Crippen molar-refractivity contribution < 1.29 is 9.59 Å². The van der Waals surface area contributed by atoms with E-state index < -0.39 is 0 Å². The smallest absolute Gasteiger partial charge is 0.257 e. The van der Waals surface area contributed by atoms with Gasteiger partial charge in [0, 0.05) is 51.9 Å². The number of carbonyl (C=O) groups is 2. The Labute approximate surface area is 160 Å². The van der Waals surface area contributed by atoms with Crippen LogP contribution < -0.4 is 4.90 Å². The van der Waals surface area contributed by atoms with Crippen molar-refractivity contribution in [3.63, 3.8) is 0 Å². The first-order chi connectivity index (χ1) is 13.0. The van der Waals surface area contributed by atoms with Gasteiger partial charge in [0.25, 0.3) is 5.91 Å². The Balaban J connectivity index is 1.53. The molecular formula is C20H29N5O2. The summed E-state index contributed by atoms with van der Waals surface area (Å²) in [5.41, 5.74) is 1.34. The van der Waals surface area contributed by atoms with Gasteiger partial charge in [-0.05, 0) is 44.9 Å². The second kappa shape index (κ2) is 7.44. The minimum atomic E-state index is 0.0118. The van der Waals surface area contributed by atoms with E-state index in [9.17, 15) is 9.59 Å². The molecule has 2 atom stereocenters. The van der Waals surface area contributed by atoms with Crippen molar-refractivity contribution in [3.05, 3.63) is 17.5 Å². The summed E-state index contributed by atoms with van der Waals surface area (Å²) >= 11 is 0. The number of nitrogens with zero attached hydrogens (tertiary/aromatic N) is 5. The molecule has 5 heterocycles. The maximum Gasteiger partial charge on any atom is 0.257 e. The lowest BCUT2D eigenvalue weighted by molar-refractivity contribution is -0.129. The van der Waals surface area contributed by atoms with Crippen molar-refractivity contribution >= 4 is 17.8 Å². The summed E-state index contributed by atoms with van der Waals surface area (Å²) in [7, 11) is 0. The maximum absolute atomic E-state index is 13.3. The minimum absolute atomic E-state index is 0.0118. The van der Waals surface area contributed by atoms with E-state index in [2.05, 4.69) is 14.9 Å². The van der Waals surface area contributed by atoms with Crippen molar-refractivity contribution in [3.8, 4) is 0 Å². The predicted octanol–water partition coefficient (Wildman–Crippen LogP) is 1.86. The molecule has 2 amide bonds. The van der Waals surface area contributed by atoms with E-state index in [1.54, 1.807) is 13.1 Å². The highest BCUT2D eigenvalue weighted by Gasteiger charge is 2.38. The van der Waals surface area contributed by atoms with Gasteiger partial charge in [-0.25, -0.2) is 9.97 Å². The average molecular weight is 371 g/mol. The molecule has 0 aromatic carbocycles. The standard InChI is InChI=1S/C20H29N5O2/c1-14-18(10-21-20(22-14)23-8-4-3-5-9-23)19(27)25-12-16-6-7-17(25)13-24(11-16)15(2)26/h10,16-17H,3-9,11-13H2,1-2H3/t16-,17+/m1/s1. The lowest BCUT2D eigenvalue weighted by Gasteiger charge is -2.36. The van der Waals surface area contributed by atoms with Crippen LogP contribution in [0.15, 0.2) is 6.20 Å². The van der Waals surface area contributed by atoms with Crippen molar-refractivity contribution in [1.29, 1.82) is 0 Å². The summed E-state index contributed by atoms with van der Waals surface area (Å²) in [6.45, 7) is 7.63. The second-order valence-electron chi connectivity index (χ2n) is 8.20. The van der Waals surface area contributed by atoms with Gasteiger partial charge in [-0.2, -0.15) is 0 Å². The Morgan fingerprint density at radius 1 is 1.07 bits per heavy atom. The topological polar surface area (TPSA) is 69.6 Å². The Bertz CT molecular complexity index is 731. The van der Waals surface area contributed by atoms with Crippen LogP contribution in [0.4, 0.5) is 5.95 Å². The fourth-order valence-corrected chi connectivity index (χ4v) is 4.65. The Morgan fingerprint density at radius 3 is 2.56 bits per heavy atom. The number of amides is 2. The van der Waals surface area contributed by atoms with Crippen LogP contribution in [0, 0.1) is 12.8 Å². The van der Waals surface area contributed by atoms with Crippen molar-refractivity contribution in [2.24, 2.45) is 5.92 Å². The van der Waals surface area contributed by atoms with Crippen LogP contribution in [-0.2, 0) is 4.79 Å². The van der Waals surface area contributed by atoms with E-state index in [-0.39, 0.29) is 17.9 Å². The molecule has 4 aliphatic rings. The summed E-state index contributed by atoms with van der Waals surface area (Å²) < 4.78 is 0. The maximum atomic E-state index is 13.3. The molecule has 5 rings (SSSR count). The highest BCUT2D eigenvalue weighted by Crippen LogP contribution is 2.29. The molecule has 2 bridgehead atoms. The number of rotatable bonds is 2. The molecule has 4 fully saturated rings. The third kappa shape index (κ3) is 3.64. The summed E-state index contributed by atoms with van der Waals surface area (Å²) in [6.07, 6.45) is 7.36. The van der Waals surface area contributed by atoms with Gasteiger partial charge in [0.05, 0.1) is 11.3 Å². The SMILES string of the molecule is CC(=O)N1C[C@H]2CC[C@@H](C1)N(C(=O)c1cnc(N3CCCCC3)nc1C)C2. The van der Waals surface area contributed by atoms with Gasteiger partial charge < -0.3 is 14.7 Å². The molecule has 1 aromatic rings. The molecule has 7 nitrogen and oxygen atoms in total. The molecule has 1 aromatic heterocycles. The summed E-state index contributed by atoms with van der Waals surface area (Å²) in [5.74, 6) is 1.22. The quantitative estimate of drug-likeness (QED) is 0.794. The molecule has 0 saturated carbocycles. The van der Waals surface area contributed by atoms with Crippen LogP contribution in [0.25, 0.3) is 0 Å². The fraction of sp³-hybridized carbons (Fsp3) is 0.700. The van der Waals surface area contributed by atoms with E-state index in [1.165, 1.54) is 19.3 Å². The van der Waals surface area contributed by atoms with Gasteiger partial charge in [0.1, 0.15) is 0 Å². The fourth-order valence-electron chi connectivity index (χ4n) is 4.65. The molecule has 27 heavy (non-hydrogen) atoms. The number of hydrogen-bond acceptors (Lipinski definition) is 5. The van der Waals surface area contributed by atoms with Crippen LogP contribution >= 0.6 is 0 Å². The zero-order valence-corrected chi connectivity index (χ0v) is 16.4. The molecule has 0 radical (unpaired) electrons. The summed E-state index contributed by atoms with van der Waals surface area (Å²) in [5, 5.41) is 0. The Morgan fingerprint density at radius 2 is 1.85 bits per heavy atom. The van der Waals surface area contributed by atoms with Crippen LogP contribution in [0.5, 0.6) is 0 Å². The predicted molar refractivity (Wildman–Crippen MR) is 103 cm³/mol. The number of hydrogen-bond donors (Lipinski definition) is 0. The molecule has 146 valence electrons. The largest absolute Gasteiger partial charge is 0.341 e. The number of aromatic nitrogens is 2. The van der Waals surface area contributed by atoms with Gasteiger partial charge >= 0.3 is 0 Å². The first-order valence-electron chi connectivity index (χ1n) is 10.2. The lowest BCUT2D eigenvalue weighted by atomic mass is 9.94. The first kappa shape index (κ1) is 18.2. The first-order valence-corrected chi connectivity index (χ1v) is 10.2. The second-order valence-corrected chi connectivity index (χ2v) is 8.20. The van der Waals surface area contributed by atoms with Crippen LogP contribution in [0.2, 0.25) is 0 Å². The van der Waals surface area contributed by atoms with E-state index >= 15 is 0 Å². The van der Waals surface area contributed by atoms with Gasteiger partial charge in [-0.3, -0.25) is 9.59 Å². The molecule has 0 spiro atoms. The summed E-state index contributed by atoms with van der Waals surface area (Å²) in [6, 6.07) is 0.0984. The van der Waals surface area contributed by atoms with Crippen LogP contribution in [-0.4, -0.2) is 70.3 Å². The van der Waals surface area contributed by atoms with Gasteiger partial charge in [-0.1, -0.05) is 0 Å². The van der Waals surface area contributed by atoms with Crippen LogP contribution in [0.3, 0.4) is 0 Å². The van der Waals surface area contributed by atoms with Crippen LogP contribution in [0.1, 0.15) is 55.1 Å². The molecular weight excluding hydrogens is 342 g/mol. The molecule has 0 unspecified atom stereocenters. The number of piperidine rings is 2. The number of fused-ring (bicyclic) bond motifs is 4. The number of anilines is 1. The number of aryl methyl sites for hydroxylation is 1. The highest BCUT2D eigenvalue weighted by atomic mass is 16.2. The molecule has 4 aliphatic heterocycles. The van der Waals surface area contributed by atoms with Crippen molar-refractivity contribution in [2.45, 2.75) is 52.0 Å². The number of carbonyl (C=O) groups excluding carboxylic acids is 2. The molecule has 0 N–H and O–H groups in total. The highest BCUT2D eigenvalue weighted by molar-refractivity contribution is 5.95. The Hall–Kier alpha value is -2.18. The third-order valence-corrected chi connectivity index (χ3v) is 6.26. The van der Waals surface area contributed by atoms with Crippen molar-refractivity contribution in [2.75, 3.05) is 37.6 Å². The van der Waals surface area contributed by atoms with Gasteiger partial charge in [-0.15, -0.1) is 0 Å². The van der Waals surface area contributed by atoms with Gasteiger partial charge in [0.2, 0.25) is 11.9 Å². The van der Waals surface area contributed by atoms with E-state index in [1.807, 2.05) is 16.7 Å². The van der Waals surface area contributed by atoms with E-state index in [0.717, 1.165) is 50.7 Å². The zero-order valence-electron chi connectivity index (χ0n) is 16.4. The average Bonchev–Trinajstić information content (AvgIpc) is 3.00. The molecule has 0 aliphatic carbocycles. The van der Waals surface area contributed by atoms with E-state index in [4.69, 9.17) is 0 Å². The molecule has 7 heteroatoms. The third-order valence-electron chi connectivity index (χ3n) is 6.26. The zero-order chi connectivity index (χ0) is 19.0. The minimum Gasteiger partial charge on any atom is -0.341 e. The van der Waals surface area contributed by atoms with Gasteiger partial charge in [0.15, 0.2) is 0 Å². The summed E-state index contributed by atoms with van der Waals surface area (Å²) in [4.78, 5) is 40.3.